The lowest BCUT2D eigenvalue weighted by atomic mass is 10.1. The molecule has 2 heterocycles. The summed E-state index contributed by atoms with van der Waals surface area (Å²) in [4.78, 5) is 30.9. The summed E-state index contributed by atoms with van der Waals surface area (Å²) in [6, 6.07) is 14.0. The van der Waals surface area contributed by atoms with E-state index in [1.807, 2.05) is 50.2 Å². The van der Waals surface area contributed by atoms with E-state index in [-0.39, 0.29) is 18.1 Å². The molecule has 8 heteroatoms. The molecule has 0 aliphatic rings. The van der Waals surface area contributed by atoms with Crippen molar-refractivity contribution < 1.29 is 4.79 Å². The Bertz CT molecular complexity index is 1340. The number of carbonyl (C=O) groups is 1. The van der Waals surface area contributed by atoms with Crippen molar-refractivity contribution in [3.05, 3.63) is 82.0 Å². The van der Waals surface area contributed by atoms with E-state index in [0.29, 0.717) is 16.4 Å². The van der Waals surface area contributed by atoms with Gasteiger partial charge in [-0.05, 0) is 56.0 Å². The fourth-order valence-corrected chi connectivity index (χ4v) is 4.50. The molecule has 0 unspecified atom stereocenters. The van der Waals surface area contributed by atoms with Gasteiger partial charge in [0.15, 0.2) is 5.65 Å². The number of rotatable bonds is 8. The highest BCUT2D eigenvalue weighted by Crippen LogP contribution is 2.31. The smallest absolute Gasteiger partial charge is 0.324 e. The van der Waals surface area contributed by atoms with Crippen LogP contribution in [-0.4, -0.2) is 25.1 Å². The molecule has 4 aromatic rings. The topological polar surface area (TPSA) is 81.3 Å². The fraction of sp³-hybridized carbons (Fsp3) is 0.280. The molecule has 0 saturated carbocycles. The van der Waals surface area contributed by atoms with Crippen molar-refractivity contribution in [1.29, 1.82) is 0 Å². The van der Waals surface area contributed by atoms with Crippen LogP contribution in [0.15, 0.2) is 69.6 Å². The van der Waals surface area contributed by atoms with Gasteiger partial charge in [-0.1, -0.05) is 54.9 Å². The molecule has 0 spiro atoms. The summed E-state index contributed by atoms with van der Waals surface area (Å²) in [5.41, 5.74) is 4.31. The maximum Gasteiger partial charge on any atom is 0.350 e. The van der Waals surface area contributed by atoms with Gasteiger partial charge in [-0.3, -0.25) is 4.79 Å². The summed E-state index contributed by atoms with van der Waals surface area (Å²) in [6.07, 6.45) is 6.46. The van der Waals surface area contributed by atoms with Crippen LogP contribution in [0.5, 0.6) is 0 Å². The van der Waals surface area contributed by atoms with Crippen molar-refractivity contribution in [1.82, 2.24) is 19.2 Å². The first-order valence-electron chi connectivity index (χ1n) is 11.0. The van der Waals surface area contributed by atoms with Crippen LogP contribution < -0.4 is 11.0 Å². The highest BCUT2D eigenvalue weighted by atomic mass is 32.2. The van der Waals surface area contributed by atoms with Crippen molar-refractivity contribution in [2.75, 3.05) is 5.32 Å². The number of hydrogen-bond acceptors (Lipinski definition) is 5. The molecule has 0 saturated heterocycles. The van der Waals surface area contributed by atoms with Gasteiger partial charge in [-0.25, -0.2) is 18.9 Å². The maximum absolute atomic E-state index is 12.8. The van der Waals surface area contributed by atoms with E-state index in [9.17, 15) is 9.59 Å². The lowest BCUT2D eigenvalue weighted by molar-refractivity contribution is -0.117. The monoisotopic (exact) mass is 461 g/mol. The quantitative estimate of drug-likeness (QED) is 0.413. The van der Waals surface area contributed by atoms with E-state index in [1.165, 1.54) is 32.0 Å². The van der Waals surface area contributed by atoms with Crippen molar-refractivity contribution >= 4 is 29.0 Å². The lowest BCUT2D eigenvalue weighted by Gasteiger charge is -2.06. The zero-order valence-electron chi connectivity index (χ0n) is 19.0. The number of aryl methyl sites for hydroxylation is 3. The summed E-state index contributed by atoms with van der Waals surface area (Å²) in [5.74, 6) is -0.307. The van der Waals surface area contributed by atoms with Gasteiger partial charge in [-0.15, -0.1) is 5.10 Å². The number of benzene rings is 2. The van der Waals surface area contributed by atoms with Crippen LogP contribution in [0.25, 0.3) is 5.65 Å². The molecule has 1 amide bonds. The molecular formula is C25H27N5O2S. The second-order valence-electron chi connectivity index (χ2n) is 8.09. The summed E-state index contributed by atoms with van der Waals surface area (Å²) in [7, 11) is 0. The van der Waals surface area contributed by atoms with Gasteiger partial charge >= 0.3 is 5.69 Å². The van der Waals surface area contributed by atoms with E-state index in [1.54, 1.807) is 12.4 Å². The molecule has 0 radical (unpaired) electrons. The van der Waals surface area contributed by atoms with E-state index >= 15 is 0 Å². The average molecular weight is 462 g/mol. The Kier molecular flexibility index (Phi) is 6.93. The van der Waals surface area contributed by atoms with Gasteiger partial charge < -0.3 is 5.32 Å². The molecule has 0 aliphatic carbocycles. The van der Waals surface area contributed by atoms with Gasteiger partial charge in [0.25, 0.3) is 0 Å². The van der Waals surface area contributed by atoms with Crippen LogP contribution in [0.3, 0.4) is 0 Å². The van der Waals surface area contributed by atoms with Crippen LogP contribution in [0, 0.1) is 13.8 Å². The minimum atomic E-state index is -0.375. The second-order valence-corrected chi connectivity index (χ2v) is 9.12. The molecule has 0 bridgehead atoms. The third-order valence-corrected chi connectivity index (χ3v) is 6.52. The number of carbonyl (C=O) groups excluding carboxylic acids is 1. The molecule has 170 valence electrons. The first kappa shape index (κ1) is 22.8. The Morgan fingerprint density at radius 2 is 1.91 bits per heavy atom. The number of nitrogens with zero attached hydrogens (tertiary/aromatic N) is 4. The molecule has 4 rings (SSSR count). The highest BCUT2D eigenvalue weighted by Gasteiger charge is 2.16. The third kappa shape index (κ3) is 5.34. The minimum absolute atomic E-state index is 0.175. The predicted molar refractivity (Wildman–Crippen MR) is 131 cm³/mol. The van der Waals surface area contributed by atoms with Crippen molar-refractivity contribution in [2.45, 2.75) is 56.5 Å². The van der Waals surface area contributed by atoms with E-state index in [2.05, 4.69) is 28.4 Å². The Hall–Kier alpha value is -3.39. The van der Waals surface area contributed by atoms with Crippen LogP contribution >= 0.6 is 11.8 Å². The normalized spacial score (nSPS) is 11.1. The first-order chi connectivity index (χ1) is 15.9. The van der Waals surface area contributed by atoms with E-state index < -0.39 is 0 Å². The predicted octanol–water partition coefficient (Wildman–Crippen LogP) is 4.64. The molecule has 33 heavy (non-hydrogen) atoms. The van der Waals surface area contributed by atoms with Crippen LogP contribution in [0.1, 0.15) is 36.5 Å². The fourth-order valence-electron chi connectivity index (χ4n) is 3.59. The summed E-state index contributed by atoms with van der Waals surface area (Å²) in [6.45, 7) is 6.08. The second kappa shape index (κ2) is 10.0. The summed E-state index contributed by atoms with van der Waals surface area (Å²) < 4.78 is 2.60. The van der Waals surface area contributed by atoms with Gasteiger partial charge in [-0.2, -0.15) is 0 Å². The Morgan fingerprint density at radius 3 is 2.64 bits per heavy atom. The van der Waals surface area contributed by atoms with Crippen LogP contribution in [0.4, 0.5) is 5.69 Å². The van der Waals surface area contributed by atoms with Crippen LogP contribution in [0.2, 0.25) is 0 Å². The molecule has 2 aromatic carbocycles. The Balaban J connectivity index is 1.51. The summed E-state index contributed by atoms with van der Waals surface area (Å²) >= 11 is 1.46. The zero-order chi connectivity index (χ0) is 23.4. The Morgan fingerprint density at radius 1 is 1.12 bits per heavy atom. The minimum Gasteiger partial charge on any atom is -0.324 e. The summed E-state index contributed by atoms with van der Waals surface area (Å²) in [5, 5.41) is 7.87. The number of hydrogen-bond donors (Lipinski definition) is 1. The van der Waals surface area contributed by atoms with Crippen molar-refractivity contribution in [3.8, 4) is 0 Å². The van der Waals surface area contributed by atoms with Gasteiger partial charge in [0, 0.05) is 23.0 Å². The van der Waals surface area contributed by atoms with Crippen molar-refractivity contribution in [2.24, 2.45) is 0 Å². The number of fused-ring (bicyclic) bond motifs is 1. The molecule has 1 N–H and O–H groups in total. The number of amides is 1. The van der Waals surface area contributed by atoms with Crippen LogP contribution in [-0.2, 0) is 17.8 Å². The lowest BCUT2D eigenvalue weighted by Crippen LogP contribution is -2.28. The molecular weight excluding hydrogens is 434 g/mol. The maximum atomic E-state index is 12.8. The molecule has 2 aromatic heterocycles. The zero-order valence-corrected chi connectivity index (χ0v) is 19.9. The van der Waals surface area contributed by atoms with E-state index in [4.69, 9.17) is 0 Å². The standard InChI is InChI=1S/C25H27N5O2S/c1-4-5-6-19-8-10-20(11-9-19)27-22(31)16-30-25(32)29-14-13-26-24(23(29)28-30)33-21-12-7-17(2)15-18(21)3/h7-15H,4-6,16H2,1-3H3,(H,27,31). The van der Waals surface area contributed by atoms with Crippen molar-refractivity contribution in [3.63, 3.8) is 0 Å². The Labute approximate surface area is 196 Å². The molecule has 0 aliphatic heterocycles. The number of anilines is 1. The van der Waals surface area contributed by atoms with Gasteiger partial charge in [0.05, 0.1) is 0 Å². The third-order valence-electron chi connectivity index (χ3n) is 5.36. The van der Waals surface area contributed by atoms with E-state index in [0.717, 1.165) is 29.7 Å². The number of nitrogens with one attached hydrogen (secondary N) is 1. The van der Waals surface area contributed by atoms with Gasteiger partial charge in [0.1, 0.15) is 11.6 Å². The van der Waals surface area contributed by atoms with Gasteiger partial charge in [0.2, 0.25) is 5.91 Å². The SMILES string of the molecule is CCCCc1ccc(NC(=O)Cn2nc3c(Sc4ccc(C)cc4C)nccn3c2=O)cc1. The average Bonchev–Trinajstić information content (AvgIpc) is 3.11. The first-order valence-corrected chi connectivity index (χ1v) is 11.8. The molecule has 0 fully saturated rings. The molecule has 0 atom stereocenters. The number of unbranched alkanes of at least 4 members (excludes halogenated alkanes) is 1. The highest BCUT2D eigenvalue weighted by molar-refractivity contribution is 7.99. The molecule has 7 nitrogen and oxygen atoms in total. The number of aromatic nitrogens is 4. The largest absolute Gasteiger partial charge is 0.350 e.